The molecule has 1 rings (SSSR count). The first-order chi connectivity index (χ1) is 8.66. The van der Waals surface area contributed by atoms with Crippen LogP contribution in [-0.2, 0) is 4.74 Å². The lowest BCUT2D eigenvalue weighted by Crippen LogP contribution is -2.12. The molecule has 0 amide bonds. The molecular formula is C16H26O2. The van der Waals surface area contributed by atoms with Crippen molar-refractivity contribution in [2.24, 2.45) is 5.92 Å². The number of unbranched alkanes of at least 4 members (excludes halogenated alkanes) is 3. The van der Waals surface area contributed by atoms with Gasteiger partial charge in [0.15, 0.2) is 0 Å². The van der Waals surface area contributed by atoms with E-state index in [1.807, 2.05) is 18.2 Å². The molecule has 0 saturated heterocycles. The number of hydrogen-bond donors (Lipinski definition) is 1. The van der Waals surface area contributed by atoms with E-state index in [-0.39, 0.29) is 6.10 Å². The first-order valence-electron chi connectivity index (χ1n) is 7.06. The molecule has 0 aliphatic heterocycles. The summed E-state index contributed by atoms with van der Waals surface area (Å²) in [7, 11) is 0. The highest BCUT2D eigenvalue weighted by Gasteiger charge is 2.19. The average Bonchev–Trinajstić information content (AvgIpc) is 2.35. The highest BCUT2D eigenvalue weighted by molar-refractivity contribution is 5.33. The summed E-state index contributed by atoms with van der Waals surface area (Å²) in [5, 5.41) is 9.89. The van der Waals surface area contributed by atoms with Crippen LogP contribution in [0.1, 0.15) is 58.1 Å². The van der Waals surface area contributed by atoms with Crippen LogP contribution in [0.5, 0.6) is 5.75 Å². The van der Waals surface area contributed by atoms with Crippen LogP contribution in [0, 0.1) is 5.92 Å². The highest BCUT2D eigenvalue weighted by Crippen LogP contribution is 2.32. The van der Waals surface area contributed by atoms with Crippen molar-refractivity contribution in [3.8, 4) is 5.75 Å². The Balaban J connectivity index is 2.53. The molecule has 0 aliphatic rings. The normalized spacial score (nSPS) is 12.9. The van der Waals surface area contributed by atoms with E-state index >= 15 is 0 Å². The largest absolute Gasteiger partial charge is 0.508 e. The first-order valence-corrected chi connectivity index (χ1v) is 7.06. The lowest BCUT2D eigenvalue weighted by atomic mass is 9.98. The van der Waals surface area contributed by atoms with Crippen LogP contribution >= 0.6 is 0 Å². The number of aromatic hydroxyl groups is 1. The lowest BCUT2D eigenvalue weighted by Gasteiger charge is -2.22. The second-order valence-corrected chi connectivity index (χ2v) is 5.15. The van der Waals surface area contributed by atoms with Gasteiger partial charge in [0.25, 0.3) is 0 Å². The highest BCUT2D eigenvalue weighted by atomic mass is 16.5. The molecule has 2 nitrogen and oxygen atoms in total. The maximum atomic E-state index is 9.89. The zero-order valence-electron chi connectivity index (χ0n) is 11.9. The van der Waals surface area contributed by atoms with Crippen molar-refractivity contribution in [1.29, 1.82) is 0 Å². The number of para-hydroxylation sites is 1. The van der Waals surface area contributed by atoms with Crippen LogP contribution in [0.3, 0.4) is 0 Å². The van der Waals surface area contributed by atoms with Crippen LogP contribution in [0.25, 0.3) is 0 Å². The van der Waals surface area contributed by atoms with E-state index in [0.717, 1.165) is 18.6 Å². The molecule has 0 bridgehead atoms. The second-order valence-electron chi connectivity index (χ2n) is 5.15. The summed E-state index contributed by atoms with van der Waals surface area (Å²) < 4.78 is 5.96. The molecule has 0 aromatic heterocycles. The van der Waals surface area contributed by atoms with E-state index in [1.54, 1.807) is 6.07 Å². The predicted octanol–water partition coefficient (Wildman–Crippen LogP) is 4.69. The van der Waals surface area contributed by atoms with Gasteiger partial charge >= 0.3 is 0 Å². The molecule has 0 aliphatic carbocycles. The van der Waals surface area contributed by atoms with E-state index in [0.29, 0.717) is 11.7 Å². The molecule has 1 N–H and O–H groups in total. The summed E-state index contributed by atoms with van der Waals surface area (Å²) in [6.07, 6.45) is 4.83. The molecular weight excluding hydrogens is 224 g/mol. The summed E-state index contributed by atoms with van der Waals surface area (Å²) in [4.78, 5) is 0. The Labute approximate surface area is 111 Å². The Morgan fingerprint density at radius 2 is 1.83 bits per heavy atom. The quantitative estimate of drug-likeness (QED) is 0.678. The summed E-state index contributed by atoms with van der Waals surface area (Å²) in [5.41, 5.74) is 0.906. The summed E-state index contributed by atoms with van der Waals surface area (Å²) in [6, 6.07) is 7.47. The zero-order valence-corrected chi connectivity index (χ0v) is 11.9. The van der Waals surface area contributed by atoms with Crippen LogP contribution in [0.2, 0.25) is 0 Å². The van der Waals surface area contributed by atoms with E-state index in [4.69, 9.17) is 4.74 Å². The first kappa shape index (κ1) is 15.0. The van der Waals surface area contributed by atoms with Gasteiger partial charge in [0.2, 0.25) is 0 Å². The fraction of sp³-hybridized carbons (Fsp3) is 0.625. The topological polar surface area (TPSA) is 29.5 Å². The SMILES string of the molecule is CCCCCCOC(c1ccccc1O)C(C)C. The Hall–Kier alpha value is -1.02. The van der Waals surface area contributed by atoms with Crippen LogP contribution in [0.4, 0.5) is 0 Å². The molecule has 102 valence electrons. The van der Waals surface area contributed by atoms with Gasteiger partial charge < -0.3 is 9.84 Å². The molecule has 0 spiro atoms. The van der Waals surface area contributed by atoms with Crippen molar-refractivity contribution in [3.05, 3.63) is 29.8 Å². The third kappa shape index (κ3) is 4.69. The lowest BCUT2D eigenvalue weighted by molar-refractivity contribution is 0.0174. The Kier molecular flexibility index (Phi) is 6.81. The average molecular weight is 250 g/mol. The minimum atomic E-state index is -0.00664. The van der Waals surface area contributed by atoms with Gasteiger partial charge in [-0.2, -0.15) is 0 Å². The second kappa shape index (κ2) is 8.15. The molecule has 2 heteroatoms. The van der Waals surface area contributed by atoms with Crippen molar-refractivity contribution >= 4 is 0 Å². The fourth-order valence-corrected chi connectivity index (χ4v) is 2.11. The standard InChI is InChI=1S/C16H26O2/c1-4-5-6-9-12-18-16(13(2)3)14-10-7-8-11-15(14)17/h7-8,10-11,13,16-17H,4-6,9,12H2,1-3H3. The van der Waals surface area contributed by atoms with Gasteiger partial charge in [0.05, 0.1) is 6.10 Å². The number of phenolic OH excluding ortho intramolecular Hbond substituents is 1. The van der Waals surface area contributed by atoms with Gasteiger partial charge in [-0.1, -0.05) is 58.2 Å². The zero-order chi connectivity index (χ0) is 13.4. The molecule has 0 radical (unpaired) electrons. The summed E-state index contributed by atoms with van der Waals surface area (Å²) >= 11 is 0. The number of phenols is 1. The maximum absolute atomic E-state index is 9.89. The van der Waals surface area contributed by atoms with Gasteiger partial charge in [0.1, 0.15) is 5.75 Å². The minimum Gasteiger partial charge on any atom is -0.508 e. The van der Waals surface area contributed by atoms with Crippen LogP contribution < -0.4 is 0 Å². The predicted molar refractivity (Wildman–Crippen MR) is 75.8 cm³/mol. The molecule has 0 fully saturated rings. The van der Waals surface area contributed by atoms with E-state index in [9.17, 15) is 5.11 Å². The summed E-state index contributed by atoms with van der Waals surface area (Å²) in [5.74, 6) is 0.703. The minimum absolute atomic E-state index is 0.00664. The molecule has 18 heavy (non-hydrogen) atoms. The Morgan fingerprint density at radius 3 is 2.44 bits per heavy atom. The van der Waals surface area contributed by atoms with Crippen molar-refractivity contribution in [2.45, 2.75) is 52.6 Å². The summed E-state index contributed by atoms with van der Waals surface area (Å²) in [6.45, 7) is 7.24. The molecule has 1 aromatic rings. The number of rotatable bonds is 8. The van der Waals surface area contributed by atoms with Crippen LogP contribution in [0.15, 0.2) is 24.3 Å². The van der Waals surface area contributed by atoms with Crippen molar-refractivity contribution in [2.75, 3.05) is 6.61 Å². The van der Waals surface area contributed by atoms with E-state index in [2.05, 4.69) is 20.8 Å². The number of ether oxygens (including phenoxy) is 1. The molecule has 0 heterocycles. The van der Waals surface area contributed by atoms with E-state index < -0.39 is 0 Å². The third-order valence-corrected chi connectivity index (χ3v) is 3.14. The van der Waals surface area contributed by atoms with Crippen molar-refractivity contribution in [3.63, 3.8) is 0 Å². The van der Waals surface area contributed by atoms with Crippen LogP contribution in [-0.4, -0.2) is 11.7 Å². The van der Waals surface area contributed by atoms with Gasteiger partial charge in [-0.25, -0.2) is 0 Å². The van der Waals surface area contributed by atoms with Crippen molar-refractivity contribution in [1.82, 2.24) is 0 Å². The number of benzene rings is 1. The Bertz CT molecular complexity index is 334. The molecule has 0 saturated carbocycles. The van der Waals surface area contributed by atoms with Gasteiger partial charge in [-0.15, -0.1) is 0 Å². The smallest absolute Gasteiger partial charge is 0.121 e. The van der Waals surface area contributed by atoms with Crippen molar-refractivity contribution < 1.29 is 9.84 Å². The maximum Gasteiger partial charge on any atom is 0.121 e. The fourth-order valence-electron chi connectivity index (χ4n) is 2.11. The third-order valence-electron chi connectivity index (χ3n) is 3.14. The molecule has 1 aromatic carbocycles. The number of hydrogen-bond acceptors (Lipinski definition) is 2. The monoisotopic (exact) mass is 250 g/mol. The molecule has 1 unspecified atom stereocenters. The van der Waals surface area contributed by atoms with Gasteiger partial charge in [-0.05, 0) is 18.4 Å². The van der Waals surface area contributed by atoms with Gasteiger partial charge in [0, 0.05) is 12.2 Å². The van der Waals surface area contributed by atoms with E-state index in [1.165, 1.54) is 19.3 Å². The Morgan fingerprint density at radius 1 is 1.11 bits per heavy atom. The van der Waals surface area contributed by atoms with Gasteiger partial charge in [-0.3, -0.25) is 0 Å². The molecule has 1 atom stereocenters.